The lowest BCUT2D eigenvalue weighted by molar-refractivity contribution is 0.928. The highest BCUT2D eigenvalue weighted by Gasteiger charge is 2.05. The summed E-state index contributed by atoms with van der Waals surface area (Å²) in [6, 6.07) is 7.96. The second-order valence-corrected chi connectivity index (χ2v) is 3.62. The summed E-state index contributed by atoms with van der Waals surface area (Å²) in [6.07, 6.45) is 4.10. The lowest BCUT2D eigenvalue weighted by Crippen LogP contribution is -1.93. The van der Waals surface area contributed by atoms with Crippen LogP contribution >= 0.6 is 0 Å². The van der Waals surface area contributed by atoms with Crippen molar-refractivity contribution in [1.29, 1.82) is 0 Å². The van der Waals surface area contributed by atoms with E-state index in [1.165, 1.54) is 5.56 Å². The maximum Gasteiger partial charge on any atom is 0.0419 e. The third-order valence-corrected chi connectivity index (χ3v) is 2.46. The number of hydrogen-bond acceptors (Lipinski definition) is 2. The average Bonchev–Trinajstić information content (AvgIpc) is 2.65. The minimum Gasteiger partial charge on any atom is -0.399 e. The molecule has 1 heterocycles. The fourth-order valence-electron chi connectivity index (χ4n) is 1.68. The predicted molar refractivity (Wildman–Crippen MR) is 64.8 cm³/mol. The molecule has 0 radical (unpaired) electrons. The number of aryl methyl sites for hydroxylation is 1. The molecule has 2 rings (SSSR count). The first-order valence-electron chi connectivity index (χ1n) is 4.90. The SMILES string of the molecule is CNc1ccc(N)cc1-c1ccn(C)c1. The predicted octanol–water partition coefficient (Wildman–Crippen LogP) is 2.32. The van der Waals surface area contributed by atoms with Gasteiger partial charge in [0.1, 0.15) is 0 Å². The van der Waals surface area contributed by atoms with Gasteiger partial charge in [-0.05, 0) is 24.3 Å². The Kier molecular flexibility index (Phi) is 2.37. The summed E-state index contributed by atoms with van der Waals surface area (Å²) in [5.41, 5.74) is 9.98. The van der Waals surface area contributed by atoms with Crippen LogP contribution in [0.4, 0.5) is 11.4 Å². The first-order valence-corrected chi connectivity index (χ1v) is 4.90. The second-order valence-electron chi connectivity index (χ2n) is 3.62. The fourth-order valence-corrected chi connectivity index (χ4v) is 1.68. The highest BCUT2D eigenvalue weighted by Crippen LogP contribution is 2.29. The normalized spacial score (nSPS) is 10.3. The minimum absolute atomic E-state index is 0.785. The minimum atomic E-state index is 0.785. The van der Waals surface area contributed by atoms with E-state index in [9.17, 15) is 0 Å². The molecule has 3 N–H and O–H groups in total. The standard InChI is InChI=1S/C12H15N3/c1-14-12-4-3-10(13)7-11(12)9-5-6-15(2)8-9/h3-8,14H,13H2,1-2H3. The molecule has 0 aliphatic carbocycles. The van der Waals surface area contributed by atoms with Gasteiger partial charge in [-0.15, -0.1) is 0 Å². The zero-order valence-corrected chi connectivity index (χ0v) is 8.99. The maximum absolute atomic E-state index is 5.79. The van der Waals surface area contributed by atoms with E-state index in [0.717, 1.165) is 16.9 Å². The molecule has 0 saturated carbocycles. The molecular formula is C12H15N3. The largest absolute Gasteiger partial charge is 0.399 e. The van der Waals surface area contributed by atoms with Crippen molar-refractivity contribution in [2.75, 3.05) is 18.1 Å². The van der Waals surface area contributed by atoms with Gasteiger partial charge < -0.3 is 15.6 Å². The van der Waals surface area contributed by atoms with Crippen molar-refractivity contribution in [3.8, 4) is 11.1 Å². The number of nitrogens with two attached hydrogens (primary N) is 1. The Balaban J connectivity index is 2.55. The van der Waals surface area contributed by atoms with Crippen LogP contribution in [0, 0.1) is 0 Å². The molecule has 78 valence electrons. The molecule has 0 unspecified atom stereocenters. The molecule has 0 amide bonds. The monoisotopic (exact) mass is 201 g/mol. The molecule has 0 atom stereocenters. The van der Waals surface area contributed by atoms with Crippen molar-refractivity contribution in [1.82, 2.24) is 4.57 Å². The first-order chi connectivity index (χ1) is 7.20. The van der Waals surface area contributed by atoms with Crippen molar-refractivity contribution in [3.05, 3.63) is 36.7 Å². The van der Waals surface area contributed by atoms with Gasteiger partial charge in [0.15, 0.2) is 0 Å². The Morgan fingerprint density at radius 3 is 2.67 bits per heavy atom. The Labute approximate surface area is 89.5 Å². The average molecular weight is 201 g/mol. The lowest BCUT2D eigenvalue weighted by atomic mass is 10.1. The molecule has 0 aliphatic heterocycles. The van der Waals surface area contributed by atoms with Crippen LogP contribution in [0.2, 0.25) is 0 Å². The van der Waals surface area contributed by atoms with Crippen LogP contribution in [0.15, 0.2) is 36.7 Å². The first kappa shape index (κ1) is 9.65. The van der Waals surface area contributed by atoms with Crippen LogP contribution in [-0.2, 0) is 7.05 Å². The van der Waals surface area contributed by atoms with E-state index in [2.05, 4.69) is 17.6 Å². The van der Waals surface area contributed by atoms with Gasteiger partial charge in [0, 0.05) is 49.0 Å². The number of rotatable bonds is 2. The van der Waals surface area contributed by atoms with Crippen molar-refractivity contribution < 1.29 is 0 Å². The zero-order chi connectivity index (χ0) is 10.8. The van der Waals surface area contributed by atoms with E-state index < -0.39 is 0 Å². The van der Waals surface area contributed by atoms with Gasteiger partial charge in [-0.3, -0.25) is 0 Å². The second kappa shape index (κ2) is 3.69. The Bertz CT molecular complexity index is 471. The van der Waals surface area contributed by atoms with Crippen LogP contribution in [-0.4, -0.2) is 11.6 Å². The topological polar surface area (TPSA) is 43.0 Å². The third kappa shape index (κ3) is 1.81. The van der Waals surface area contributed by atoms with Gasteiger partial charge in [0.25, 0.3) is 0 Å². The van der Waals surface area contributed by atoms with Crippen LogP contribution in [0.3, 0.4) is 0 Å². The molecule has 0 bridgehead atoms. The number of nitrogens with one attached hydrogen (secondary N) is 1. The summed E-state index contributed by atoms with van der Waals surface area (Å²) in [7, 11) is 3.92. The summed E-state index contributed by atoms with van der Waals surface area (Å²) in [4.78, 5) is 0. The molecular weight excluding hydrogens is 186 g/mol. The van der Waals surface area contributed by atoms with Gasteiger partial charge in [-0.1, -0.05) is 0 Å². The quantitative estimate of drug-likeness (QED) is 0.732. The molecule has 1 aromatic carbocycles. The van der Waals surface area contributed by atoms with Gasteiger partial charge in [-0.25, -0.2) is 0 Å². The van der Waals surface area contributed by atoms with Crippen molar-refractivity contribution in [2.24, 2.45) is 7.05 Å². The molecule has 1 aromatic heterocycles. The maximum atomic E-state index is 5.79. The van der Waals surface area contributed by atoms with Gasteiger partial charge in [-0.2, -0.15) is 0 Å². The highest BCUT2D eigenvalue weighted by atomic mass is 14.9. The number of nitrogens with zero attached hydrogens (tertiary/aromatic N) is 1. The third-order valence-electron chi connectivity index (χ3n) is 2.46. The van der Waals surface area contributed by atoms with Crippen LogP contribution in [0.1, 0.15) is 0 Å². The Morgan fingerprint density at radius 1 is 1.27 bits per heavy atom. The van der Waals surface area contributed by atoms with E-state index >= 15 is 0 Å². The highest BCUT2D eigenvalue weighted by molar-refractivity contribution is 5.80. The number of anilines is 2. The van der Waals surface area contributed by atoms with E-state index in [1.807, 2.05) is 43.1 Å². The Morgan fingerprint density at radius 2 is 2.07 bits per heavy atom. The number of nitrogen functional groups attached to an aromatic ring is 1. The van der Waals surface area contributed by atoms with Gasteiger partial charge >= 0.3 is 0 Å². The summed E-state index contributed by atoms with van der Waals surface area (Å²) in [5.74, 6) is 0. The molecule has 0 spiro atoms. The molecule has 15 heavy (non-hydrogen) atoms. The smallest absolute Gasteiger partial charge is 0.0419 e. The van der Waals surface area contributed by atoms with Crippen molar-refractivity contribution in [3.63, 3.8) is 0 Å². The Hall–Kier alpha value is -1.90. The van der Waals surface area contributed by atoms with Gasteiger partial charge in [0.2, 0.25) is 0 Å². The van der Waals surface area contributed by atoms with Crippen LogP contribution in [0.25, 0.3) is 11.1 Å². The molecule has 0 saturated heterocycles. The zero-order valence-electron chi connectivity index (χ0n) is 8.99. The van der Waals surface area contributed by atoms with Crippen LogP contribution in [0.5, 0.6) is 0 Å². The lowest BCUT2D eigenvalue weighted by Gasteiger charge is -2.08. The van der Waals surface area contributed by atoms with E-state index in [4.69, 9.17) is 5.73 Å². The molecule has 2 aromatic rings. The number of aromatic nitrogens is 1. The molecule has 3 nitrogen and oxygen atoms in total. The summed E-state index contributed by atoms with van der Waals surface area (Å²) in [5, 5.41) is 3.17. The fraction of sp³-hybridized carbons (Fsp3) is 0.167. The van der Waals surface area contributed by atoms with Crippen molar-refractivity contribution in [2.45, 2.75) is 0 Å². The molecule has 0 aliphatic rings. The molecule has 3 heteroatoms. The van der Waals surface area contributed by atoms with E-state index in [1.54, 1.807) is 0 Å². The van der Waals surface area contributed by atoms with Crippen LogP contribution < -0.4 is 11.1 Å². The van der Waals surface area contributed by atoms with E-state index in [0.29, 0.717) is 0 Å². The molecule has 0 fully saturated rings. The van der Waals surface area contributed by atoms with E-state index in [-0.39, 0.29) is 0 Å². The summed E-state index contributed by atoms with van der Waals surface area (Å²) in [6.45, 7) is 0. The van der Waals surface area contributed by atoms with Gasteiger partial charge in [0.05, 0.1) is 0 Å². The number of hydrogen-bond donors (Lipinski definition) is 2. The summed E-state index contributed by atoms with van der Waals surface area (Å²) >= 11 is 0. The summed E-state index contributed by atoms with van der Waals surface area (Å²) < 4.78 is 2.03. The number of benzene rings is 1. The van der Waals surface area contributed by atoms with Crippen molar-refractivity contribution >= 4 is 11.4 Å².